The van der Waals surface area contributed by atoms with E-state index in [1.807, 2.05) is 23.1 Å². The van der Waals surface area contributed by atoms with E-state index in [0.717, 1.165) is 31.3 Å². The number of hydrogen-bond donors (Lipinski definition) is 3. The summed E-state index contributed by atoms with van der Waals surface area (Å²) in [6.07, 6.45) is 7.53. The Morgan fingerprint density at radius 1 is 1.32 bits per heavy atom. The number of nitrogens with one attached hydrogen (secondary N) is 2. The van der Waals surface area contributed by atoms with Crippen LogP contribution in [0.25, 0.3) is 0 Å². The van der Waals surface area contributed by atoms with Crippen molar-refractivity contribution in [3.8, 4) is 6.07 Å². The first-order chi connectivity index (χ1) is 16.5. The molecule has 1 unspecified atom stereocenters. The molecule has 2 aromatic rings. The number of aromatic nitrogens is 2. The average Bonchev–Trinajstić information content (AvgIpc) is 3.67. The highest BCUT2D eigenvalue weighted by atomic mass is 16.6. The molecule has 34 heavy (non-hydrogen) atoms. The van der Waals surface area contributed by atoms with E-state index in [4.69, 9.17) is 15.9 Å². The van der Waals surface area contributed by atoms with Gasteiger partial charge in [-0.25, -0.2) is 14.8 Å². The van der Waals surface area contributed by atoms with Crippen molar-refractivity contribution in [2.24, 2.45) is 5.73 Å². The number of carbonyl (C=O) groups is 1. The molecule has 3 heterocycles. The second-order valence-corrected chi connectivity index (χ2v) is 8.96. The lowest BCUT2D eigenvalue weighted by molar-refractivity contribution is 0.0445. The van der Waals surface area contributed by atoms with Crippen LogP contribution >= 0.6 is 0 Å². The maximum Gasteiger partial charge on any atom is 0.415 e. The van der Waals surface area contributed by atoms with E-state index in [-0.39, 0.29) is 17.6 Å². The van der Waals surface area contributed by atoms with Gasteiger partial charge >= 0.3 is 6.09 Å². The van der Waals surface area contributed by atoms with Gasteiger partial charge in [-0.15, -0.1) is 0 Å². The average molecular weight is 459 g/mol. The lowest BCUT2D eigenvalue weighted by Gasteiger charge is -2.39. The van der Waals surface area contributed by atoms with Gasteiger partial charge in [0.2, 0.25) is 0 Å². The van der Waals surface area contributed by atoms with Gasteiger partial charge in [0.05, 0.1) is 25.0 Å². The molecule has 10 nitrogen and oxygen atoms in total. The lowest BCUT2D eigenvalue weighted by atomic mass is 9.92. The summed E-state index contributed by atoms with van der Waals surface area (Å²) in [5, 5.41) is 19.7. The van der Waals surface area contributed by atoms with Crippen molar-refractivity contribution >= 4 is 29.6 Å². The largest absolute Gasteiger partial charge is 0.439 e. The number of benzene rings is 1. The third kappa shape index (κ3) is 4.12. The van der Waals surface area contributed by atoms with E-state index >= 15 is 0 Å². The minimum atomic E-state index is -0.648. The van der Waals surface area contributed by atoms with Crippen LogP contribution in [-0.4, -0.2) is 47.5 Å². The molecule has 5 rings (SSSR count). The van der Waals surface area contributed by atoms with Crippen molar-refractivity contribution in [2.75, 3.05) is 34.8 Å². The number of nitrogens with two attached hydrogens (primary N) is 1. The molecule has 0 bridgehead atoms. The van der Waals surface area contributed by atoms with E-state index in [1.165, 1.54) is 24.6 Å². The van der Waals surface area contributed by atoms with Crippen LogP contribution < -0.4 is 20.9 Å². The monoisotopic (exact) mass is 458 g/mol. The molecule has 2 aliphatic heterocycles. The van der Waals surface area contributed by atoms with Crippen LogP contribution in [0.2, 0.25) is 0 Å². The number of allylic oxidation sites excluding steroid dienone is 1. The molecule has 3 aliphatic rings. The highest BCUT2D eigenvalue weighted by Crippen LogP contribution is 2.41. The Morgan fingerprint density at radius 3 is 2.79 bits per heavy atom. The summed E-state index contributed by atoms with van der Waals surface area (Å²) < 4.78 is 5.95. The Hall–Kier alpha value is -4.13. The first-order valence-corrected chi connectivity index (χ1v) is 11.4. The zero-order chi connectivity index (χ0) is 23.7. The molecule has 4 N–H and O–H groups in total. The predicted octanol–water partition coefficient (Wildman–Crippen LogP) is 3.08. The number of rotatable bonds is 6. The summed E-state index contributed by atoms with van der Waals surface area (Å²) in [5.41, 5.74) is 7.44. The van der Waals surface area contributed by atoms with Gasteiger partial charge in [-0.05, 0) is 49.3 Å². The van der Waals surface area contributed by atoms with Crippen LogP contribution in [-0.2, 0) is 4.74 Å². The fourth-order valence-electron chi connectivity index (χ4n) is 4.63. The third-order valence-corrected chi connectivity index (χ3v) is 6.55. The van der Waals surface area contributed by atoms with Crippen molar-refractivity contribution < 1.29 is 9.53 Å². The van der Waals surface area contributed by atoms with Crippen molar-refractivity contribution in [1.82, 2.24) is 9.97 Å². The minimum absolute atomic E-state index is 0.102. The molecule has 1 aliphatic carbocycles. The van der Waals surface area contributed by atoms with Crippen molar-refractivity contribution in [3.63, 3.8) is 0 Å². The van der Waals surface area contributed by atoms with E-state index < -0.39 is 5.60 Å². The predicted molar refractivity (Wildman–Crippen MR) is 128 cm³/mol. The molecule has 1 atom stereocenters. The molecule has 0 radical (unpaired) electrons. The van der Waals surface area contributed by atoms with Gasteiger partial charge in [0.15, 0.2) is 11.5 Å². The molecule has 1 saturated carbocycles. The first kappa shape index (κ1) is 21.7. The smallest absolute Gasteiger partial charge is 0.415 e. The molecule has 1 amide bonds. The molecular formula is C24H26N8O2. The Bertz CT molecular complexity index is 1180. The fourth-order valence-corrected chi connectivity index (χ4v) is 4.63. The summed E-state index contributed by atoms with van der Waals surface area (Å²) in [7, 11) is 0. The second kappa shape index (κ2) is 8.67. The van der Waals surface area contributed by atoms with Crippen LogP contribution in [0.3, 0.4) is 0 Å². The summed E-state index contributed by atoms with van der Waals surface area (Å²) in [6.45, 7) is 1.66. The highest BCUT2D eigenvalue weighted by molar-refractivity contribution is 5.90. The Labute approximate surface area is 197 Å². The van der Waals surface area contributed by atoms with E-state index in [0.29, 0.717) is 30.5 Å². The van der Waals surface area contributed by atoms with Crippen LogP contribution in [0.15, 0.2) is 42.4 Å². The number of nitriles is 1. The summed E-state index contributed by atoms with van der Waals surface area (Å²) >= 11 is 0. The normalized spacial score (nSPS) is 22.4. The van der Waals surface area contributed by atoms with Gasteiger partial charge in [-0.1, -0.05) is 12.1 Å². The highest BCUT2D eigenvalue weighted by Gasteiger charge is 2.48. The molecule has 3 fully saturated rings. The summed E-state index contributed by atoms with van der Waals surface area (Å²) in [6, 6.07) is 10.2. The van der Waals surface area contributed by atoms with Crippen LogP contribution in [0, 0.1) is 16.7 Å². The number of piperidine rings is 1. The number of nitrogens with zero attached hydrogens (tertiary/aromatic N) is 5. The van der Waals surface area contributed by atoms with Gasteiger partial charge in [0.1, 0.15) is 17.5 Å². The van der Waals surface area contributed by atoms with Crippen molar-refractivity contribution in [1.29, 1.82) is 10.7 Å². The van der Waals surface area contributed by atoms with Crippen LogP contribution in [0.1, 0.15) is 42.9 Å². The van der Waals surface area contributed by atoms with Crippen LogP contribution in [0.4, 0.5) is 22.1 Å². The number of amides is 1. The molecule has 2 saturated heterocycles. The summed E-state index contributed by atoms with van der Waals surface area (Å²) in [5.74, 6) is 1.45. The van der Waals surface area contributed by atoms with Gasteiger partial charge in [0, 0.05) is 24.6 Å². The van der Waals surface area contributed by atoms with E-state index in [9.17, 15) is 10.1 Å². The maximum absolute atomic E-state index is 12.8. The standard InChI is InChI=1S/C24H26N8O2/c25-10-18(11-26)29-22-20(12-27)28-13-21(30-22)31-9-1-8-24(14-31)15-32(23(33)34-24)19-6-4-17(5-7-19)16-2-3-16/h4-7,10-11,13,16,25H,1-3,8-9,14-15,26H2,(H,29,30)/b18-11+,25-10?. The third-order valence-electron chi connectivity index (χ3n) is 6.55. The lowest BCUT2D eigenvalue weighted by Crippen LogP contribution is -2.51. The zero-order valence-corrected chi connectivity index (χ0v) is 18.7. The SMILES string of the molecule is N#Cc1ncc(N2CCCC3(C2)CN(c2ccc(C4CC4)cc2)C(=O)O3)nc1N/C(C=N)=C/N. The molecule has 1 aromatic heterocycles. The number of ether oxygens (including phenoxy) is 1. The first-order valence-electron chi connectivity index (χ1n) is 11.4. The Morgan fingerprint density at radius 2 is 2.12 bits per heavy atom. The van der Waals surface area contributed by atoms with Crippen LogP contribution in [0.5, 0.6) is 0 Å². The Balaban J connectivity index is 1.35. The van der Waals surface area contributed by atoms with E-state index in [2.05, 4.69) is 27.4 Å². The minimum Gasteiger partial charge on any atom is -0.439 e. The summed E-state index contributed by atoms with van der Waals surface area (Å²) in [4.78, 5) is 25.3. The number of hydrogen-bond acceptors (Lipinski definition) is 9. The maximum atomic E-state index is 12.8. The second-order valence-electron chi connectivity index (χ2n) is 8.96. The molecule has 174 valence electrons. The van der Waals surface area contributed by atoms with Gasteiger partial charge < -0.3 is 26.1 Å². The van der Waals surface area contributed by atoms with Gasteiger partial charge in [-0.2, -0.15) is 5.26 Å². The van der Waals surface area contributed by atoms with Crippen molar-refractivity contribution in [2.45, 2.75) is 37.2 Å². The molecule has 1 spiro atoms. The van der Waals surface area contributed by atoms with E-state index in [1.54, 1.807) is 11.1 Å². The quantitative estimate of drug-likeness (QED) is 0.560. The molecule has 10 heteroatoms. The Kier molecular flexibility index (Phi) is 5.53. The molecular weight excluding hydrogens is 432 g/mol. The topological polar surface area (TPSA) is 144 Å². The number of carbonyl (C=O) groups excluding carboxylic acids is 1. The molecule has 1 aromatic carbocycles. The fraction of sp³-hybridized carbons (Fsp3) is 0.375. The van der Waals surface area contributed by atoms with Gasteiger partial charge in [-0.3, -0.25) is 4.90 Å². The van der Waals surface area contributed by atoms with Crippen molar-refractivity contribution in [3.05, 3.63) is 53.6 Å². The zero-order valence-electron chi connectivity index (χ0n) is 18.7. The number of anilines is 3. The van der Waals surface area contributed by atoms with Gasteiger partial charge in [0.25, 0.3) is 0 Å².